The van der Waals surface area contributed by atoms with E-state index in [4.69, 9.17) is 0 Å². The smallest absolute Gasteiger partial charge is 0.0446 e. The Balaban J connectivity index is 0. The highest BCUT2D eigenvalue weighted by atomic mass is 14.0. The van der Waals surface area contributed by atoms with E-state index in [2.05, 4.69) is 41.5 Å². The molecule has 0 aliphatic rings. The zero-order chi connectivity index (χ0) is 10.7. The molecule has 0 amide bonds. The van der Waals surface area contributed by atoms with E-state index in [1.165, 1.54) is 32.1 Å². The van der Waals surface area contributed by atoms with E-state index in [0.29, 0.717) is 0 Å². The Morgan fingerprint density at radius 2 is 1.23 bits per heavy atom. The van der Waals surface area contributed by atoms with Crippen LogP contribution in [0.25, 0.3) is 0 Å². The Kier molecular flexibility index (Phi) is 14.3. The van der Waals surface area contributed by atoms with Crippen LogP contribution in [0.4, 0.5) is 0 Å². The van der Waals surface area contributed by atoms with Crippen molar-refractivity contribution in [1.29, 1.82) is 0 Å². The number of hydrogen-bond donors (Lipinski definition) is 0. The maximum absolute atomic E-state index is 2.31. The van der Waals surface area contributed by atoms with Gasteiger partial charge in [0.25, 0.3) is 0 Å². The molecule has 0 nitrogen and oxygen atoms in total. The van der Waals surface area contributed by atoms with E-state index in [0.717, 1.165) is 11.8 Å². The maximum Gasteiger partial charge on any atom is -0.0446 e. The Hall–Kier alpha value is 0. The summed E-state index contributed by atoms with van der Waals surface area (Å²) in [4.78, 5) is 0. The van der Waals surface area contributed by atoms with Crippen molar-refractivity contribution >= 4 is 0 Å². The molecule has 0 radical (unpaired) electrons. The molecule has 0 heterocycles. The van der Waals surface area contributed by atoms with E-state index in [1.54, 1.807) is 0 Å². The molecule has 0 saturated heterocycles. The van der Waals surface area contributed by atoms with Gasteiger partial charge >= 0.3 is 0 Å². The van der Waals surface area contributed by atoms with Crippen LogP contribution < -0.4 is 0 Å². The molecule has 0 aromatic heterocycles. The normalized spacial score (nSPS) is 12.2. The van der Waals surface area contributed by atoms with Crippen molar-refractivity contribution in [2.75, 3.05) is 0 Å². The highest BCUT2D eigenvalue weighted by molar-refractivity contribution is 4.45. The first kappa shape index (κ1) is 15.5. The van der Waals surface area contributed by atoms with Crippen molar-refractivity contribution in [3.8, 4) is 0 Å². The molecule has 0 saturated carbocycles. The van der Waals surface area contributed by atoms with Gasteiger partial charge in [-0.15, -0.1) is 0 Å². The van der Waals surface area contributed by atoms with E-state index in [1.807, 2.05) is 0 Å². The van der Waals surface area contributed by atoms with Gasteiger partial charge in [-0.1, -0.05) is 73.6 Å². The molecule has 0 aromatic rings. The average molecular weight is 186 g/mol. The summed E-state index contributed by atoms with van der Waals surface area (Å²) in [5.74, 6) is 1.85. The molecule has 0 bridgehead atoms. The van der Waals surface area contributed by atoms with Gasteiger partial charge in [-0.25, -0.2) is 0 Å². The van der Waals surface area contributed by atoms with Crippen LogP contribution in [0.5, 0.6) is 0 Å². The molecular weight excluding hydrogens is 156 g/mol. The van der Waals surface area contributed by atoms with Crippen LogP contribution in [0.2, 0.25) is 0 Å². The zero-order valence-electron chi connectivity index (χ0n) is 10.7. The van der Waals surface area contributed by atoms with Gasteiger partial charge in [0.2, 0.25) is 0 Å². The fraction of sp³-hybridized carbons (Fsp3) is 1.00. The first-order valence-electron chi connectivity index (χ1n) is 6.08. The zero-order valence-corrected chi connectivity index (χ0v) is 10.7. The summed E-state index contributed by atoms with van der Waals surface area (Å²) in [6, 6.07) is 0. The van der Waals surface area contributed by atoms with Gasteiger partial charge in [0.05, 0.1) is 0 Å². The molecule has 0 aliphatic carbocycles. The second kappa shape index (κ2) is 12.0. The topological polar surface area (TPSA) is 0 Å². The van der Waals surface area contributed by atoms with Gasteiger partial charge in [-0.3, -0.25) is 0 Å². The summed E-state index contributed by atoms with van der Waals surface area (Å²) in [6.45, 7) is 13.5. The van der Waals surface area contributed by atoms with Crippen molar-refractivity contribution in [2.24, 2.45) is 11.8 Å². The second-order valence-electron chi connectivity index (χ2n) is 4.48. The van der Waals surface area contributed by atoms with Crippen LogP contribution in [-0.4, -0.2) is 0 Å². The summed E-state index contributed by atoms with van der Waals surface area (Å²) < 4.78 is 0. The third-order valence-electron chi connectivity index (χ3n) is 2.34. The van der Waals surface area contributed by atoms with Gasteiger partial charge in [0.15, 0.2) is 0 Å². The summed E-state index contributed by atoms with van der Waals surface area (Å²) in [6.07, 6.45) is 6.79. The monoisotopic (exact) mass is 186 g/mol. The Bertz CT molecular complexity index is 74.1. The fourth-order valence-electron chi connectivity index (χ4n) is 1.27. The van der Waals surface area contributed by atoms with Crippen LogP contribution in [0.3, 0.4) is 0 Å². The average Bonchev–Trinajstić information content (AvgIpc) is 2.05. The van der Waals surface area contributed by atoms with Gasteiger partial charge in [-0.05, 0) is 11.8 Å². The Morgan fingerprint density at radius 1 is 0.769 bits per heavy atom. The van der Waals surface area contributed by atoms with Crippen molar-refractivity contribution < 1.29 is 0 Å². The standard InChI is InChI=1S/C7H16.C6H14/c1-4-6-7(3)5-2;1-4-5-6(2)3/h7H,4-6H2,1-3H3;6H,4-5H2,1-3H3. The molecule has 13 heavy (non-hydrogen) atoms. The lowest BCUT2D eigenvalue weighted by Crippen LogP contribution is -1.88. The molecule has 0 aliphatic heterocycles. The summed E-state index contributed by atoms with van der Waals surface area (Å²) >= 11 is 0. The number of hydrogen-bond acceptors (Lipinski definition) is 0. The highest BCUT2D eigenvalue weighted by Gasteiger charge is 1.92. The first-order chi connectivity index (χ1) is 6.08. The lowest BCUT2D eigenvalue weighted by atomic mass is 10.0. The van der Waals surface area contributed by atoms with Gasteiger partial charge in [0, 0.05) is 0 Å². The minimum Gasteiger partial charge on any atom is -0.0654 e. The van der Waals surface area contributed by atoms with Crippen molar-refractivity contribution in [3.63, 3.8) is 0 Å². The van der Waals surface area contributed by atoms with Crippen LogP contribution in [-0.2, 0) is 0 Å². The van der Waals surface area contributed by atoms with Crippen molar-refractivity contribution in [3.05, 3.63) is 0 Å². The van der Waals surface area contributed by atoms with Crippen LogP contribution >= 0.6 is 0 Å². The van der Waals surface area contributed by atoms with Gasteiger partial charge in [-0.2, -0.15) is 0 Å². The predicted molar refractivity (Wildman–Crippen MR) is 64.1 cm³/mol. The van der Waals surface area contributed by atoms with E-state index in [9.17, 15) is 0 Å². The minimum absolute atomic E-state index is 0.898. The summed E-state index contributed by atoms with van der Waals surface area (Å²) in [5, 5.41) is 0. The van der Waals surface area contributed by atoms with Crippen LogP contribution in [0, 0.1) is 11.8 Å². The highest BCUT2D eigenvalue weighted by Crippen LogP contribution is 2.07. The van der Waals surface area contributed by atoms with E-state index >= 15 is 0 Å². The fourth-order valence-corrected chi connectivity index (χ4v) is 1.27. The molecule has 82 valence electrons. The van der Waals surface area contributed by atoms with E-state index in [-0.39, 0.29) is 0 Å². The maximum atomic E-state index is 2.31. The quantitative estimate of drug-likeness (QED) is 0.548. The Morgan fingerprint density at radius 3 is 1.31 bits per heavy atom. The molecule has 0 N–H and O–H groups in total. The molecule has 1 atom stereocenters. The lowest BCUT2D eigenvalue weighted by Gasteiger charge is -2.02. The molecule has 0 aromatic carbocycles. The Labute approximate surface area is 86.1 Å². The van der Waals surface area contributed by atoms with Crippen molar-refractivity contribution in [1.82, 2.24) is 0 Å². The third kappa shape index (κ3) is 18.8. The SMILES string of the molecule is CCCC(C)C.CCCC(C)CC. The molecule has 0 heteroatoms. The minimum atomic E-state index is 0.898. The molecular formula is C13H30. The number of rotatable bonds is 5. The molecule has 0 fully saturated rings. The van der Waals surface area contributed by atoms with Gasteiger partial charge < -0.3 is 0 Å². The van der Waals surface area contributed by atoms with Gasteiger partial charge in [0.1, 0.15) is 0 Å². The summed E-state index contributed by atoms with van der Waals surface area (Å²) in [7, 11) is 0. The van der Waals surface area contributed by atoms with E-state index < -0.39 is 0 Å². The summed E-state index contributed by atoms with van der Waals surface area (Å²) in [5.41, 5.74) is 0. The lowest BCUT2D eigenvalue weighted by molar-refractivity contribution is 0.509. The van der Waals surface area contributed by atoms with Crippen molar-refractivity contribution in [2.45, 2.75) is 73.6 Å². The molecule has 0 rings (SSSR count). The largest absolute Gasteiger partial charge is 0.0654 e. The van der Waals surface area contributed by atoms with Crippen LogP contribution in [0.15, 0.2) is 0 Å². The molecule has 1 unspecified atom stereocenters. The third-order valence-corrected chi connectivity index (χ3v) is 2.34. The predicted octanol–water partition coefficient (Wildman–Crippen LogP) is 5.28. The molecule has 0 spiro atoms. The second-order valence-corrected chi connectivity index (χ2v) is 4.48. The first-order valence-corrected chi connectivity index (χ1v) is 6.08. The van der Waals surface area contributed by atoms with Crippen LogP contribution in [0.1, 0.15) is 73.6 Å².